The van der Waals surface area contributed by atoms with Crippen molar-refractivity contribution >= 4 is 5.91 Å². The van der Waals surface area contributed by atoms with Gasteiger partial charge in [-0.15, -0.1) is 0 Å². The van der Waals surface area contributed by atoms with Crippen molar-refractivity contribution in [2.45, 2.75) is 39.3 Å². The molecule has 0 aliphatic rings. The molecule has 0 aliphatic carbocycles. The number of hydrogen-bond acceptors (Lipinski definition) is 3. The zero-order valence-corrected chi connectivity index (χ0v) is 11.3. The monoisotopic (exact) mass is 250 g/mol. The predicted octanol–water partition coefficient (Wildman–Crippen LogP) is 1.83. The van der Waals surface area contributed by atoms with E-state index in [4.69, 9.17) is 10.5 Å². The zero-order chi connectivity index (χ0) is 13.6. The van der Waals surface area contributed by atoms with E-state index in [1.165, 1.54) is 0 Å². The molecule has 0 spiro atoms. The Balaban J connectivity index is 2.48. The molecule has 0 saturated heterocycles. The highest BCUT2D eigenvalue weighted by atomic mass is 16.5. The summed E-state index contributed by atoms with van der Waals surface area (Å²) in [5, 5.41) is 2.85. The zero-order valence-electron chi connectivity index (χ0n) is 11.3. The first-order valence-corrected chi connectivity index (χ1v) is 6.18. The summed E-state index contributed by atoms with van der Waals surface area (Å²) in [6, 6.07) is 7.70. The Morgan fingerprint density at radius 3 is 2.78 bits per heavy atom. The smallest absolute Gasteiger partial charge is 0.222 e. The maximum absolute atomic E-state index is 11.6. The maximum Gasteiger partial charge on any atom is 0.222 e. The Morgan fingerprint density at radius 2 is 2.17 bits per heavy atom. The standard InChI is InChI=1S/C14H22N2O2/c1-4-18-12-7-5-6-11(8-12)10-16-13(17)9-14(2,3)15/h5-8H,4,9-10,15H2,1-3H3,(H,16,17). The summed E-state index contributed by atoms with van der Waals surface area (Å²) in [5.41, 5.74) is 6.33. The molecular weight excluding hydrogens is 228 g/mol. The lowest BCUT2D eigenvalue weighted by Crippen LogP contribution is -2.38. The van der Waals surface area contributed by atoms with Gasteiger partial charge in [-0.3, -0.25) is 4.79 Å². The molecule has 18 heavy (non-hydrogen) atoms. The molecule has 0 unspecified atom stereocenters. The van der Waals surface area contributed by atoms with Crippen molar-refractivity contribution in [3.63, 3.8) is 0 Å². The van der Waals surface area contributed by atoms with E-state index >= 15 is 0 Å². The van der Waals surface area contributed by atoms with Crippen LogP contribution in [0.1, 0.15) is 32.8 Å². The second-order valence-electron chi connectivity index (χ2n) is 5.02. The number of hydrogen-bond donors (Lipinski definition) is 2. The number of carbonyl (C=O) groups excluding carboxylic acids is 1. The fourth-order valence-corrected chi connectivity index (χ4v) is 1.59. The van der Waals surface area contributed by atoms with E-state index in [-0.39, 0.29) is 5.91 Å². The van der Waals surface area contributed by atoms with Crippen molar-refractivity contribution in [3.8, 4) is 5.75 Å². The van der Waals surface area contributed by atoms with Crippen LogP contribution in [0.2, 0.25) is 0 Å². The summed E-state index contributed by atoms with van der Waals surface area (Å²) in [5.74, 6) is 0.785. The van der Waals surface area contributed by atoms with Crippen LogP contribution in [0, 0.1) is 0 Å². The van der Waals surface area contributed by atoms with Gasteiger partial charge in [0, 0.05) is 18.5 Å². The Kier molecular flexibility index (Phi) is 5.16. The molecule has 0 atom stereocenters. The van der Waals surface area contributed by atoms with E-state index in [2.05, 4.69) is 5.32 Å². The first-order valence-electron chi connectivity index (χ1n) is 6.18. The molecule has 3 N–H and O–H groups in total. The second-order valence-corrected chi connectivity index (χ2v) is 5.02. The molecule has 0 heterocycles. The molecule has 1 amide bonds. The average molecular weight is 250 g/mol. The fraction of sp³-hybridized carbons (Fsp3) is 0.500. The summed E-state index contributed by atoms with van der Waals surface area (Å²) in [7, 11) is 0. The molecule has 0 radical (unpaired) electrons. The van der Waals surface area contributed by atoms with Crippen molar-refractivity contribution in [2.24, 2.45) is 5.73 Å². The molecule has 1 aromatic rings. The molecule has 0 aliphatic heterocycles. The van der Waals surface area contributed by atoms with E-state index in [0.29, 0.717) is 19.6 Å². The van der Waals surface area contributed by atoms with Crippen LogP contribution in [0.3, 0.4) is 0 Å². The third-order valence-electron chi connectivity index (χ3n) is 2.32. The minimum atomic E-state index is -0.475. The lowest BCUT2D eigenvalue weighted by Gasteiger charge is -2.17. The highest BCUT2D eigenvalue weighted by molar-refractivity contribution is 5.77. The fourth-order valence-electron chi connectivity index (χ4n) is 1.59. The van der Waals surface area contributed by atoms with Crippen LogP contribution in [0.15, 0.2) is 24.3 Å². The molecular formula is C14H22N2O2. The van der Waals surface area contributed by atoms with Gasteiger partial charge in [0.2, 0.25) is 5.91 Å². The topological polar surface area (TPSA) is 64.3 Å². The minimum absolute atomic E-state index is 0.0377. The Labute approximate surface area is 109 Å². The third kappa shape index (κ3) is 5.68. The molecule has 4 heteroatoms. The molecule has 0 saturated carbocycles. The highest BCUT2D eigenvalue weighted by Gasteiger charge is 2.15. The van der Waals surface area contributed by atoms with Crippen molar-refractivity contribution in [3.05, 3.63) is 29.8 Å². The van der Waals surface area contributed by atoms with Gasteiger partial charge < -0.3 is 15.8 Å². The van der Waals surface area contributed by atoms with Crippen LogP contribution < -0.4 is 15.8 Å². The second kappa shape index (κ2) is 6.40. The Bertz CT molecular complexity index is 397. The SMILES string of the molecule is CCOc1cccc(CNC(=O)CC(C)(C)N)c1. The normalized spacial score (nSPS) is 11.1. The summed E-state index contributed by atoms with van der Waals surface area (Å²) in [4.78, 5) is 11.6. The number of nitrogens with two attached hydrogens (primary N) is 1. The summed E-state index contributed by atoms with van der Waals surface area (Å²) in [6.07, 6.45) is 0.318. The number of nitrogens with one attached hydrogen (secondary N) is 1. The Morgan fingerprint density at radius 1 is 1.44 bits per heavy atom. The van der Waals surface area contributed by atoms with E-state index < -0.39 is 5.54 Å². The average Bonchev–Trinajstić information content (AvgIpc) is 2.25. The number of carbonyl (C=O) groups is 1. The molecule has 100 valence electrons. The first kappa shape index (κ1) is 14.5. The minimum Gasteiger partial charge on any atom is -0.494 e. The van der Waals surface area contributed by atoms with E-state index in [9.17, 15) is 4.79 Å². The Hall–Kier alpha value is -1.55. The van der Waals surface area contributed by atoms with Gasteiger partial charge in [-0.1, -0.05) is 12.1 Å². The molecule has 1 rings (SSSR count). The quantitative estimate of drug-likeness (QED) is 0.809. The van der Waals surface area contributed by atoms with Crippen LogP contribution in [0.4, 0.5) is 0 Å². The molecule has 0 bridgehead atoms. The summed E-state index contributed by atoms with van der Waals surface area (Å²) >= 11 is 0. The van der Waals surface area contributed by atoms with Crippen molar-refractivity contribution < 1.29 is 9.53 Å². The van der Waals surface area contributed by atoms with Gasteiger partial charge in [0.25, 0.3) is 0 Å². The number of amides is 1. The number of ether oxygens (including phenoxy) is 1. The molecule has 0 aromatic heterocycles. The lowest BCUT2D eigenvalue weighted by atomic mass is 10.0. The van der Waals surface area contributed by atoms with Gasteiger partial charge in [-0.05, 0) is 38.5 Å². The summed E-state index contributed by atoms with van der Waals surface area (Å²) < 4.78 is 5.40. The van der Waals surface area contributed by atoms with Crippen LogP contribution in [0.25, 0.3) is 0 Å². The highest BCUT2D eigenvalue weighted by Crippen LogP contribution is 2.13. The van der Waals surface area contributed by atoms with Gasteiger partial charge in [-0.2, -0.15) is 0 Å². The van der Waals surface area contributed by atoms with Gasteiger partial charge in [0.1, 0.15) is 5.75 Å². The summed E-state index contributed by atoms with van der Waals surface area (Å²) in [6.45, 7) is 6.75. The van der Waals surface area contributed by atoms with Gasteiger partial charge in [0.05, 0.1) is 6.61 Å². The molecule has 0 fully saturated rings. The predicted molar refractivity (Wildman–Crippen MR) is 72.3 cm³/mol. The van der Waals surface area contributed by atoms with Gasteiger partial charge in [0.15, 0.2) is 0 Å². The van der Waals surface area contributed by atoms with Crippen LogP contribution in [-0.4, -0.2) is 18.1 Å². The van der Waals surface area contributed by atoms with Gasteiger partial charge >= 0.3 is 0 Å². The van der Waals surface area contributed by atoms with Crippen LogP contribution in [-0.2, 0) is 11.3 Å². The molecule has 4 nitrogen and oxygen atoms in total. The lowest BCUT2D eigenvalue weighted by molar-refractivity contribution is -0.122. The van der Waals surface area contributed by atoms with Gasteiger partial charge in [-0.25, -0.2) is 0 Å². The van der Waals surface area contributed by atoms with Crippen LogP contribution >= 0.6 is 0 Å². The van der Waals surface area contributed by atoms with E-state index in [0.717, 1.165) is 11.3 Å². The first-order chi connectivity index (χ1) is 8.40. The van der Waals surface area contributed by atoms with Crippen molar-refractivity contribution in [1.29, 1.82) is 0 Å². The van der Waals surface area contributed by atoms with E-state index in [1.807, 2.05) is 45.0 Å². The maximum atomic E-state index is 11.6. The van der Waals surface area contributed by atoms with E-state index in [1.54, 1.807) is 0 Å². The van der Waals surface area contributed by atoms with Crippen LogP contribution in [0.5, 0.6) is 5.75 Å². The largest absolute Gasteiger partial charge is 0.494 e. The number of benzene rings is 1. The van der Waals surface area contributed by atoms with Crippen molar-refractivity contribution in [1.82, 2.24) is 5.32 Å². The van der Waals surface area contributed by atoms with Crippen molar-refractivity contribution in [2.75, 3.05) is 6.61 Å². The third-order valence-corrected chi connectivity index (χ3v) is 2.32. The number of rotatable bonds is 6. The molecule has 1 aromatic carbocycles.